The summed E-state index contributed by atoms with van der Waals surface area (Å²) in [7, 11) is 2.03. The van der Waals surface area contributed by atoms with E-state index >= 15 is 0 Å². The molecule has 0 saturated heterocycles. The van der Waals surface area contributed by atoms with E-state index < -0.39 is 0 Å². The van der Waals surface area contributed by atoms with E-state index in [1.165, 1.54) is 47.2 Å². The smallest absolute Gasteiger partial charge is 0.0469 e. The number of para-hydroxylation sites is 2. The standard InChI is InChI=1S/C40H24N4S.Pd/c1-41-21-22-42(25-41)27-15-17-30-29-11-5-7-13-34(29)43(35(30)23-27)28-16-18-31-32-19-20-38-39(33-12-6-8-14-37(33)45-38)40(32)44(36(31)24-28)26-9-3-2-4-10-26;/h2-9,11-22,25H,1H3;/q-4;. The molecule has 0 atom stereocenters. The fourth-order valence-corrected chi connectivity index (χ4v) is 8.10. The van der Waals surface area contributed by atoms with Crippen molar-refractivity contribution in [1.82, 2.24) is 14.0 Å². The van der Waals surface area contributed by atoms with E-state index in [0.717, 1.165) is 33.6 Å². The average Bonchev–Trinajstić information content (AvgIpc) is 3.84. The maximum Gasteiger partial charge on any atom is 0.0469 e. The van der Waals surface area contributed by atoms with Gasteiger partial charge in [0.1, 0.15) is 0 Å². The maximum absolute atomic E-state index is 3.92. The van der Waals surface area contributed by atoms with Gasteiger partial charge in [-0.1, -0.05) is 64.9 Å². The number of nitrogens with zero attached hydrogens (tertiary/aromatic N) is 4. The Balaban J connectivity index is 0.00000292. The summed E-state index contributed by atoms with van der Waals surface area (Å²) < 4.78 is 7.25. The largest absolute Gasteiger partial charge is 0.510 e. The molecule has 0 aliphatic carbocycles. The van der Waals surface area contributed by atoms with Crippen LogP contribution < -0.4 is 4.90 Å². The van der Waals surface area contributed by atoms with Gasteiger partial charge in [0.25, 0.3) is 0 Å². The Kier molecular flexibility index (Phi) is 6.17. The van der Waals surface area contributed by atoms with Crippen LogP contribution in [-0.4, -0.2) is 21.1 Å². The molecule has 0 N–H and O–H groups in total. The van der Waals surface area contributed by atoms with E-state index in [1.807, 2.05) is 41.6 Å². The molecule has 3 aromatic heterocycles. The molecule has 10 rings (SSSR count). The predicted octanol–water partition coefficient (Wildman–Crippen LogP) is 9.99. The predicted molar refractivity (Wildman–Crippen MR) is 188 cm³/mol. The number of aromatic nitrogens is 2. The minimum Gasteiger partial charge on any atom is -0.510 e. The van der Waals surface area contributed by atoms with E-state index in [4.69, 9.17) is 0 Å². The summed E-state index contributed by atoms with van der Waals surface area (Å²) in [6, 6.07) is 50.2. The molecule has 46 heavy (non-hydrogen) atoms. The summed E-state index contributed by atoms with van der Waals surface area (Å²) in [5.41, 5.74) is 7.37. The Morgan fingerprint density at radius 3 is 2.13 bits per heavy atom. The van der Waals surface area contributed by atoms with Crippen LogP contribution in [0.15, 0.2) is 122 Å². The first-order valence-electron chi connectivity index (χ1n) is 15.0. The van der Waals surface area contributed by atoms with Crippen molar-refractivity contribution in [2.75, 3.05) is 11.9 Å². The topological polar surface area (TPSA) is 16.3 Å². The third-order valence-corrected chi connectivity index (χ3v) is 10.1. The van der Waals surface area contributed by atoms with Gasteiger partial charge in [0.15, 0.2) is 0 Å². The van der Waals surface area contributed by atoms with E-state index in [9.17, 15) is 0 Å². The minimum atomic E-state index is 0. The fourth-order valence-electron chi connectivity index (χ4n) is 7.00. The molecular formula is C40H24N4PdS-4. The second kappa shape index (κ2) is 10.3. The van der Waals surface area contributed by atoms with Gasteiger partial charge in [0.2, 0.25) is 0 Å². The normalized spacial score (nSPS) is 13.3. The molecule has 0 fully saturated rings. The van der Waals surface area contributed by atoms with Crippen molar-refractivity contribution in [1.29, 1.82) is 0 Å². The molecule has 224 valence electrons. The molecule has 6 aromatic carbocycles. The number of hydrogen-bond acceptors (Lipinski definition) is 3. The van der Waals surface area contributed by atoms with Crippen molar-refractivity contribution < 1.29 is 20.4 Å². The first-order valence-corrected chi connectivity index (χ1v) is 15.8. The van der Waals surface area contributed by atoms with Crippen molar-refractivity contribution in [3.63, 3.8) is 0 Å². The number of anilines is 1. The third kappa shape index (κ3) is 3.88. The average molecular weight is 699 g/mol. The summed E-state index contributed by atoms with van der Waals surface area (Å²) in [6.07, 6.45) is 4.11. The number of fused-ring (bicyclic) bond motifs is 10. The van der Waals surface area contributed by atoms with E-state index in [1.54, 1.807) is 0 Å². The molecular weight excluding hydrogens is 675 g/mol. The van der Waals surface area contributed by atoms with Crippen LogP contribution >= 0.6 is 11.3 Å². The van der Waals surface area contributed by atoms with Crippen LogP contribution in [0.3, 0.4) is 0 Å². The summed E-state index contributed by atoms with van der Waals surface area (Å²) in [6.45, 7) is 2.06. The Labute approximate surface area is 283 Å². The summed E-state index contributed by atoms with van der Waals surface area (Å²) in [4.78, 5) is 4.15. The van der Waals surface area contributed by atoms with Gasteiger partial charge in [-0.15, -0.1) is 58.1 Å². The fraction of sp³-hybridized carbons (Fsp3) is 0.0250. The quantitative estimate of drug-likeness (QED) is 0.135. The van der Waals surface area contributed by atoms with Gasteiger partial charge in [0, 0.05) is 51.6 Å². The van der Waals surface area contributed by atoms with Gasteiger partial charge in [-0.05, 0) is 48.4 Å². The van der Waals surface area contributed by atoms with Crippen molar-refractivity contribution in [3.05, 3.63) is 146 Å². The minimum absolute atomic E-state index is 0. The van der Waals surface area contributed by atoms with E-state index in [2.05, 4.69) is 142 Å². The van der Waals surface area contributed by atoms with Crippen LogP contribution in [0.25, 0.3) is 75.2 Å². The molecule has 4 nitrogen and oxygen atoms in total. The molecule has 6 heteroatoms. The first kappa shape index (κ1) is 27.5. The molecule has 9 aromatic rings. The molecule has 0 saturated carbocycles. The SMILES string of the molecule is CN1C=CN(c2[c-]c3c(cc2)c2ccccc2n3-c2[c-]c3c(cc2)c2ccc4sc5ccccc5c4c2n3-c2[c-]cccc2)[CH-]1.[Pd]. The van der Waals surface area contributed by atoms with Crippen LogP contribution in [0, 0.1) is 24.9 Å². The number of benzene rings is 6. The van der Waals surface area contributed by atoms with E-state index in [0.29, 0.717) is 0 Å². The molecule has 0 radical (unpaired) electrons. The van der Waals surface area contributed by atoms with Gasteiger partial charge in [-0.2, -0.15) is 43.1 Å². The zero-order valence-corrected chi connectivity index (χ0v) is 27.0. The first-order chi connectivity index (χ1) is 22.2. The number of thiophene rings is 1. The van der Waals surface area contributed by atoms with Gasteiger partial charge in [0.05, 0.1) is 0 Å². The summed E-state index contributed by atoms with van der Waals surface area (Å²) in [5.74, 6) is 0. The second-order valence-electron chi connectivity index (χ2n) is 11.6. The Morgan fingerprint density at radius 2 is 1.30 bits per heavy atom. The van der Waals surface area contributed by atoms with Crippen LogP contribution in [0.4, 0.5) is 5.69 Å². The van der Waals surface area contributed by atoms with Crippen molar-refractivity contribution in [3.8, 4) is 11.4 Å². The van der Waals surface area contributed by atoms with E-state index in [-0.39, 0.29) is 20.4 Å². The summed E-state index contributed by atoms with van der Waals surface area (Å²) >= 11 is 1.85. The molecule has 1 aliphatic heterocycles. The molecule has 1 aliphatic rings. The Hall–Kier alpha value is -4.86. The zero-order valence-electron chi connectivity index (χ0n) is 24.6. The van der Waals surface area contributed by atoms with Gasteiger partial charge in [-0.25, -0.2) is 0 Å². The molecule has 0 unspecified atom stereocenters. The van der Waals surface area contributed by atoms with Crippen LogP contribution in [0.2, 0.25) is 0 Å². The van der Waals surface area contributed by atoms with Crippen molar-refractivity contribution in [2.24, 2.45) is 0 Å². The van der Waals surface area contributed by atoms with Gasteiger partial charge in [-0.3, -0.25) is 0 Å². The number of rotatable bonds is 3. The maximum atomic E-state index is 3.92. The van der Waals surface area contributed by atoms with Crippen LogP contribution in [0.5, 0.6) is 0 Å². The third-order valence-electron chi connectivity index (χ3n) is 8.95. The number of hydrogen-bond donors (Lipinski definition) is 0. The molecule has 0 spiro atoms. The molecule has 4 heterocycles. The van der Waals surface area contributed by atoms with Gasteiger partial charge < -0.3 is 18.9 Å². The summed E-state index contributed by atoms with van der Waals surface area (Å²) in [5, 5.41) is 7.33. The second-order valence-corrected chi connectivity index (χ2v) is 12.7. The van der Waals surface area contributed by atoms with Crippen LogP contribution in [0.1, 0.15) is 0 Å². The van der Waals surface area contributed by atoms with Crippen molar-refractivity contribution in [2.45, 2.75) is 0 Å². The zero-order chi connectivity index (χ0) is 29.6. The molecule has 0 amide bonds. The monoisotopic (exact) mass is 698 g/mol. The Morgan fingerprint density at radius 1 is 0.587 bits per heavy atom. The Bertz CT molecular complexity index is 2660. The van der Waals surface area contributed by atoms with Crippen molar-refractivity contribution >= 4 is 80.8 Å². The van der Waals surface area contributed by atoms with Crippen LogP contribution in [-0.2, 0) is 20.4 Å². The molecule has 0 bridgehead atoms. The van der Waals surface area contributed by atoms with Gasteiger partial charge >= 0.3 is 0 Å².